The van der Waals surface area contributed by atoms with Crippen LogP contribution in [0, 0.1) is 0 Å². The number of hydrogen-bond donors (Lipinski definition) is 2. The zero-order chi connectivity index (χ0) is 13.2. The largest absolute Gasteiger partial charge is 0.452 e. The predicted molar refractivity (Wildman–Crippen MR) is 75.2 cm³/mol. The fourth-order valence-electron chi connectivity index (χ4n) is 1.75. The second-order valence-electron chi connectivity index (χ2n) is 4.06. The third-order valence-electron chi connectivity index (χ3n) is 2.60. The van der Waals surface area contributed by atoms with Crippen molar-refractivity contribution in [3.63, 3.8) is 0 Å². The lowest BCUT2D eigenvalue weighted by molar-refractivity contribution is 0.469. The van der Waals surface area contributed by atoms with Crippen LogP contribution in [0.15, 0.2) is 20.0 Å². The zero-order valence-corrected chi connectivity index (χ0v) is 13.1. The summed E-state index contributed by atoms with van der Waals surface area (Å²) in [7, 11) is -1.73. The summed E-state index contributed by atoms with van der Waals surface area (Å²) in [4.78, 5) is 0.171. The smallest absolute Gasteiger partial charge is 0.245 e. The van der Waals surface area contributed by atoms with Crippen LogP contribution in [0.5, 0.6) is 0 Å². The van der Waals surface area contributed by atoms with Gasteiger partial charge in [-0.15, -0.1) is 0 Å². The van der Waals surface area contributed by atoms with Crippen LogP contribution >= 0.6 is 27.7 Å². The third kappa shape index (κ3) is 3.30. The molecular weight excluding hydrogens is 340 g/mol. The zero-order valence-electron chi connectivity index (χ0n) is 9.90. The van der Waals surface area contributed by atoms with Gasteiger partial charge in [-0.2, -0.15) is 11.8 Å². The van der Waals surface area contributed by atoms with Crippen molar-refractivity contribution in [2.24, 2.45) is 0 Å². The molecule has 2 heterocycles. The van der Waals surface area contributed by atoms with E-state index in [2.05, 4.69) is 26.0 Å². The van der Waals surface area contributed by atoms with Crippen molar-refractivity contribution < 1.29 is 12.8 Å². The molecule has 18 heavy (non-hydrogen) atoms. The number of rotatable bonds is 5. The Kier molecular flexibility index (Phi) is 4.76. The SMILES string of the molecule is CNCc1cc(S(=O)(=O)NC2CCSC2)c(Br)o1. The Morgan fingerprint density at radius 2 is 2.39 bits per heavy atom. The Bertz CT molecular complexity index is 509. The summed E-state index contributed by atoms with van der Waals surface area (Å²) in [6.45, 7) is 0.493. The molecule has 0 saturated carbocycles. The van der Waals surface area contributed by atoms with E-state index in [1.165, 1.54) is 0 Å². The molecule has 0 spiro atoms. The monoisotopic (exact) mass is 354 g/mol. The van der Waals surface area contributed by atoms with Crippen LogP contribution in [-0.4, -0.2) is 33.0 Å². The number of nitrogens with one attached hydrogen (secondary N) is 2. The van der Waals surface area contributed by atoms with Crippen molar-refractivity contribution >= 4 is 37.7 Å². The first-order valence-electron chi connectivity index (χ1n) is 5.56. The van der Waals surface area contributed by atoms with Crippen LogP contribution in [0.1, 0.15) is 12.2 Å². The summed E-state index contributed by atoms with van der Waals surface area (Å²) in [5, 5.41) is 2.92. The minimum Gasteiger partial charge on any atom is -0.452 e. The molecule has 1 unspecified atom stereocenters. The van der Waals surface area contributed by atoms with Crippen molar-refractivity contribution in [1.29, 1.82) is 0 Å². The summed E-state index contributed by atoms with van der Waals surface area (Å²) >= 11 is 4.92. The third-order valence-corrected chi connectivity index (χ3v) is 6.14. The van der Waals surface area contributed by atoms with Gasteiger partial charge in [0.25, 0.3) is 0 Å². The van der Waals surface area contributed by atoms with Crippen LogP contribution in [0.3, 0.4) is 0 Å². The quantitative estimate of drug-likeness (QED) is 0.839. The first-order valence-corrected chi connectivity index (χ1v) is 8.99. The minimum atomic E-state index is -3.50. The van der Waals surface area contributed by atoms with Crippen molar-refractivity contribution in [3.05, 3.63) is 16.5 Å². The van der Waals surface area contributed by atoms with E-state index in [0.717, 1.165) is 17.9 Å². The Morgan fingerprint density at radius 3 is 3.00 bits per heavy atom. The van der Waals surface area contributed by atoms with Gasteiger partial charge >= 0.3 is 0 Å². The molecule has 8 heteroatoms. The highest BCUT2D eigenvalue weighted by atomic mass is 79.9. The van der Waals surface area contributed by atoms with E-state index in [9.17, 15) is 8.42 Å². The first kappa shape index (κ1) is 14.4. The summed E-state index contributed by atoms with van der Waals surface area (Å²) in [5.41, 5.74) is 0. The average molecular weight is 355 g/mol. The van der Waals surface area contributed by atoms with Gasteiger partial charge in [-0.3, -0.25) is 0 Å². The maximum Gasteiger partial charge on any atom is 0.245 e. The molecule has 0 aliphatic carbocycles. The summed E-state index contributed by atoms with van der Waals surface area (Å²) < 4.78 is 32.7. The van der Waals surface area contributed by atoms with E-state index in [0.29, 0.717) is 12.3 Å². The molecule has 1 aliphatic rings. The Hall–Kier alpha value is -0.0200. The van der Waals surface area contributed by atoms with Crippen molar-refractivity contribution in [3.8, 4) is 0 Å². The van der Waals surface area contributed by atoms with E-state index in [1.807, 2.05) is 0 Å². The lowest BCUT2D eigenvalue weighted by Gasteiger charge is -2.10. The molecule has 1 aliphatic heterocycles. The maximum atomic E-state index is 12.2. The first-order chi connectivity index (χ1) is 8.53. The Labute approximate surface area is 119 Å². The van der Waals surface area contributed by atoms with Crippen molar-refractivity contribution in [2.75, 3.05) is 18.6 Å². The summed E-state index contributed by atoms with van der Waals surface area (Å²) in [6.07, 6.45) is 0.878. The number of halogens is 1. The van der Waals surface area contributed by atoms with Crippen molar-refractivity contribution in [1.82, 2.24) is 10.0 Å². The highest BCUT2D eigenvalue weighted by Crippen LogP contribution is 2.27. The number of thioether (sulfide) groups is 1. The van der Waals surface area contributed by atoms with Gasteiger partial charge in [0.2, 0.25) is 10.0 Å². The topological polar surface area (TPSA) is 71.3 Å². The van der Waals surface area contributed by atoms with Crippen LogP contribution in [0.25, 0.3) is 0 Å². The highest BCUT2D eigenvalue weighted by Gasteiger charge is 2.27. The highest BCUT2D eigenvalue weighted by molar-refractivity contribution is 9.10. The fourth-order valence-corrected chi connectivity index (χ4v) is 5.28. The van der Waals surface area contributed by atoms with E-state index >= 15 is 0 Å². The lowest BCUT2D eigenvalue weighted by atomic mass is 10.3. The summed E-state index contributed by atoms with van der Waals surface area (Å²) in [6, 6.07) is 1.57. The van der Waals surface area contributed by atoms with Crippen molar-refractivity contribution in [2.45, 2.75) is 23.9 Å². The van der Waals surface area contributed by atoms with Crippen LogP contribution in [0.2, 0.25) is 0 Å². The molecular formula is C10H15BrN2O3S2. The van der Waals surface area contributed by atoms with Gasteiger partial charge in [-0.25, -0.2) is 13.1 Å². The lowest BCUT2D eigenvalue weighted by Crippen LogP contribution is -2.34. The molecule has 0 amide bonds. The Balaban J connectivity index is 2.17. The van der Waals surface area contributed by atoms with Gasteiger partial charge in [0, 0.05) is 17.9 Å². The summed E-state index contributed by atoms with van der Waals surface area (Å²) in [5.74, 6) is 2.42. The molecule has 2 rings (SSSR count). The molecule has 2 N–H and O–H groups in total. The molecule has 1 atom stereocenters. The van der Waals surface area contributed by atoms with Gasteiger partial charge in [0.1, 0.15) is 10.7 Å². The molecule has 0 radical (unpaired) electrons. The van der Waals surface area contributed by atoms with Gasteiger partial charge in [0.05, 0.1) is 6.54 Å². The molecule has 102 valence electrons. The molecule has 0 aromatic carbocycles. The van der Waals surface area contributed by atoms with Crippen LogP contribution in [0.4, 0.5) is 0 Å². The number of sulfonamides is 1. The normalized spacial score (nSPS) is 20.4. The van der Waals surface area contributed by atoms with Gasteiger partial charge < -0.3 is 9.73 Å². The molecule has 1 aromatic rings. The van der Waals surface area contributed by atoms with E-state index in [-0.39, 0.29) is 15.6 Å². The molecule has 1 saturated heterocycles. The van der Waals surface area contributed by atoms with E-state index < -0.39 is 10.0 Å². The van der Waals surface area contributed by atoms with Gasteiger partial charge in [0.15, 0.2) is 4.67 Å². The second-order valence-corrected chi connectivity index (χ2v) is 7.62. The average Bonchev–Trinajstić information content (AvgIpc) is 2.88. The van der Waals surface area contributed by atoms with Gasteiger partial charge in [-0.1, -0.05) is 0 Å². The number of hydrogen-bond acceptors (Lipinski definition) is 5. The maximum absolute atomic E-state index is 12.2. The Morgan fingerprint density at radius 1 is 1.61 bits per heavy atom. The van der Waals surface area contributed by atoms with E-state index in [1.54, 1.807) is 24.9 Å². The minimum absolute atomic E-state index is 0.0227. The number of furan rings is 1. The predicted octanol–water partition coefficient (Wildman–Crippen LogP) is 1.55. The molecule has 0 bridgehead atoms. The van der Waals surface area contributed by atoms with Gasteiger partial charge in [-0.05, 0) is 35.2 Å². The van der Waals surface area contributed by atoms with Crippen LogP contribution < -0.4 is 10.0 Å². The molecule has 1 fully saturated rings. The standard InChI is InChI=1S/C10H15BrN2O3S2/c1-12-5-8-4-9(10(11)16-8)18(14,15)13-7-2-3-17-6-7/h4,7,12-13H,2-3,5-6H2,1H3. The van der Waals surface area contributed by atoms with E-state index in [4.69, 9.17) is 4.42 Å². The molecule has 1 aromatic heterocycles. The molecule has 5 nitrogen and oxygen atoms in total. The fraction of sp³-hybridized carbons (Fsp3) is 0.600. The second kappa shape index (κ2) is 5.96. The van der Waals surface area contributed by atoms with Crippen LogP contribution in [-0.2, 0) is 16.6 Å².